The summed E-state index contributed by atoms with van der Waals surface area (Å²) in [7, 11) is 0. The third-order valence-corrected chi connectivity index (χ3v) is 3.61. The summed E-state index contributed by atoms with van der Waals surface area (Å²) in [4.78, 5) is 33.5. The lowest BCUT2D eigenvalue weighted by Gasteiger charge is -2.04. The number of carbonyl (C=O) groups excluding carboxylic acids is 2. The number of non-ortho nitro benzene ring substituents is 1. The molecule has 2 N–H and O–H groups in total. The number of nitrogens with one attached hydrogen (secondary N) is 2. The van der Waals surface area contributed by atoms with E-state index < -0.39 is 4.92 Å². The predicted octanol–water partition coefficient (Wildman–Crippen LogP) is 2.61. The van der Waals surface area contributed by atoms with Crippen molar-refractivity contribution in [2.24, 2.45) is 5.10 Å². The fraction of sp³-hybridized carbons (Fsp3) is 0.188. The number of furan rings is 1. The van der Waals surface area contributed by atoms with Crippen LogP contribution in [0.5, 0.6) is 0 Å². The van der Waals surface area contributed by atoms with Crippen molar-refractivity contribution in [2.45, 2.75) is 12.8 Å². The minimum Gasteiger partial charge on any atom is -0.448 e. The maximum atomic E-state index is 11.9. The largest absolute Gasteiger partial charge is 0.448 e. The van der Waals surface area contributed by atoms with E-state index in [4.69, 9.17) is 4.42 Å². The molecule has 0 atom stereocenters. The SMILES string of the molecule is O=C(CCCNC(=O)c1ccc([N+](=O)[O-])cc1)N/N=C\c1ccc(Br)o1. The highest BCUT2D eigenvalue weighted by Crippen LogP contribution is 2.12. The molecule has 26 heavy (non-hydrogen) atoms. The molecule has 0 aliphatic carbocycles. The molecule has 0 spiro atoms. The van der Waals surface area contributed by atoms with Crippen molar-refractivity contribution in [3.63, 3.8) is 0 Å². The maximum Gasteiger partial charge on any atom is 0.269 e. The quantitative estimate of drug-likeness (QED) is 0.292. The molecule has 0 saturated carbocycles. The second kappa shape index (κ2) is 9.47. The molecule has 0 fully saturated rings. The molecular weight excluding hydrogens is 408 g/mol. The third kappa shape index (κ3) is 6.13. The average Bonchev–Trinajstić information content (AvgIpc) is 3.04. The summed E-state index contributed by atoms with van der Waals surface area (Å²) in [5, 5.41) is 17.0. The highest BCUT2D eigenvalue weighted by atomic mass is 79.9. The monoisotopic (exact) mass is 422 g/mol. The van der Waals surface area contributed by atoms with Crippen LogP contribution in [0.25, 0.3) is 0 Å². The Morgan fingerprint density at radius 3 is 2.58 bits per heavy atom. The Hall–Kier alpha value is -3.01. The lowest BCUT2D eigenvalue weighted by molar-refractivity contribution is -0.384. The summed E-state index contributed by atoms with van der Waals surface area (Å²) >= 11 is 3.15. The van der Waals surface area contributed by atoms with Crippen molar-refractivity contribution in [1.29, 1.82) is 0 Å². The predicted molar refractivity (Wildman–Crippen MR) is 96.8 cm³/mol. The fourth-order valence-corrected chi connectivity index (χ4v) is 2.23. The molecule has 0 aliphatic rings. The fourth-order valence-electron chi connectivity index (χ4n) is 1.91. The summed E-state index contributed by atoms with van der Waals surface area (Å²) in [6.45, 7) is 0.290. The molecule has 2 rings (SSSR count). The highest BCUT2D eigenvalue weighted by Gasteiger charge is 2.09. The summed E-state index contributed by atoms with van der Waals surface area (Å²) in [5.74, 6) is -0.161. The number of benzene rings is 1. The van der Waals surface area contributed by atoms with Crippen LogP contribution in [0.15, 0.2) is 50.6 Å². The topological polar surface area (TPSA) is 127 Å². The number of carbonyl (C=O) groups is 2. The van der Waals surface area contributed by atoms with Crippen molar-refractivity contribution < 1.29 is 18.9 Å². The molecule has 1 aromatic carbocycles. The summed E-state index contributed by atoms with van der Waals surface area (Å²) in [6, 6.07) is 8.67. The van der Waals surface area contributed by atoms with Crippen LogP contribution < -0.4 is 10.7 Å². The van der Waals surface area contributed by atoms with Gasteiger partial charge in [0.2, 0.25) is 5.91 Å². The maximum absolute atomic E-state index is 11.9. The second-order valence-corrected chi connectivity index (χ2v) is 5.88. The van der Waals surface area contributed by atoms with E-state index in [0.29, 0.717) is 22.4 Å². The van der Waals surface area contributed by atoms with E-state index in [0.717, 1.165) is 0 Å². The number of nitro benzene ring substituents is 1. The standard InChI is InChI=1S/C16H15BrN4O5/c17-14-8-7-13(26-14)10-19-20-15(22)2-1-9-18-16(23)11-3-5-12(6-4-11)21(24)25/h3-8,10H,1-2,9H2,(H,18,23)(H,20,22)/b19-10-. The number of amides is 2. The minimum absolute atomic E-state index is 0.0827. The van der Waals surface area contributed by atoms with E-state index in [9.17, 15) is 19.7 Å². The molecule has 2 aromatic rings. The number of halogens is 1. The molecular formula is C16H15BrN4O5. The summed E-state index contributed by atoms with van der Waals surface area (Å²) in [6.07, 6.45) is 1.98. The smallest absolute Gasteiger partial charge is 0.269 e. The van der Waals surface area contributed by atoms with Crippen LogP contribution in [0.3, 0.4) is 0 Å². The molecule has 1 aromatic heterocycles. The van der Waals surface area contributed by atoms with E-state index in [2.05, 4.69) is 31.8 Å². The van der Waals surface area contributed by atoms with Crippen molar-refractivity contribution in [1.82, 2.24) is 10.7 Å². The number of hydrogen-bond acceptors (Lipinski definition) is 6. The molecule has 2 amide bonds. The Kier molecular flexibility index (Phi) is 7.03. The summed E-state index contributed by atoms with van der Waals surface area (Å²) in [5.41, 5.74) is 2.59. The van der Waals surface area contributed by atoms with Gasteiger partial charge < -0.3 is 9.73 Å². The lowest BCUT2D eigenvalue weighted by Crippen LogP contribution is -2.26. The van der Waals surface area contributed by atoms with Gasteiger partial charge in [-0.3, -0.25) is 19.7 Å². The second-order valence-electron chi connectivity index (χ2n) is 5.10. The molecule has 136 valence electrons. The van der Waals surface area contributed by atoms with Crippen LogP contribution in [-0.4, -0.2) is 29.5 Å². The Morgan fingerprint density at radius 1 is 1.23 bits per heavy atom. The van der Waals surface area contributed by atoms with Crippen molar-refractivity contribution in [3.05, 3.63) is 62.5 Å². The van der Waals surface area contributed by atoms with Crippen LogP contribution >= 0.6 is 15.9 Å². The Balaban J connectivity index is 1.66. The van der Waals surface area contributed by atoms with Gasteiger partial charge in [0.25, 0.3) is 11.6 Å². The van der Waals surface area contributed by atoms with Gasteiger partial charge in [0.05, 0.1) is 11.1 Å². The van der Waals surface area contributed by atoms with E-state index in [1.165, 1.54) is 30.5 Å². The van der Waals surface area contributed by atoms with Crippen LogP contribution in [-0.2, 0) is 4.79 Å². The Labute approximate surface area is 156 Å². The molecule has 0 aliphatic heterocycles. The molecule has 0 saturated heterocycles. The zero-order chi connectivity index (χ0) is 18.9. The summed E-state index contributed by atoms with van der Waals surface area (Å²) < 4.78 is 5.75. The molecule has 1 heterocycles. The number of rotatable bonds is 8. The van der Waals surface area contributed by atoms with Crippen molar-refractivity contribution in [3.8, 4) is 0 Å². The van der Waals surface area contributed by atoms with Gasteiger partial charge in [0.1, 0.15) is 5.76 Å². The van der Waals surface area contributed by atoms with E-state index in [-0.39, 0.29) is 30.5 Å². The van der Waals surface area contributed by atoms with Gasteiger partial charge in [-0.05, 0) is 46.6 Å². The van der Waals surface area contributed by atoms with Gasteiger partial charge >= 0.3 is 0 Å². The normalized spacial score (nSPS) is 10.7. The Bertz CT molecular complexity index is 816. The molecule has 0 unspecified atom stereocenters. The first kappa shape index (κ1) is 19.3. The van der Waals surface area contributed by atoms with Crippen LogP contribution in [0.4, 0.5) is 5.69 Å². The van der Waals surface area contributed by atoms with Gasteiger partial charge in [-0.1, -0.05) is 0 Å². The van der Waals surface area contributed by atoms with Gasteiger partial charge in [0, 0.05) is 30.7 Å². The lowest BCUT2D eigenvalue weighted by atomic mass is 10.2. The number of nitro groups is 1. The first-order chi connectivity index (χ1) is 12.5. The van der Waals surface area contributed by atoms with Gasteiger partial charge in [-0.2, -0.15) is 5.10 Å². The van der Waals surface area contributed by atoms with Crippen molar-refractivity contribution in [2.75, 3.05) is 6.54 Å². The minimum atomic E-state index is -0.534. The van der Waals surface area contributed by atoms with Gasteiger partial charge in [-0.15, -0.1) is 0 Å². The van der Waals surface area contributed by atoms with Gasteiger partial charge in [0.15, 0.2) is 4.67 Å². The van der Waals surface area contributed by atoms with Crippen LogP contribution in [0.2, 0.25) is 0 Å². The average molecular weight is 423 g/mol. The number of hydrazone groups is 1. The van der Waals surface area contributed by atoms with E-state index >= 15 is 0 Å². The molecule has 0 radical (unpaired) electrons. The zero-order valence-electron chi connectivity index (χ0n) is 13.5. The van der Waals surface area contributed by atoms with Crippen LogP contribution in [0.1, 0.15) is 29.0 Å². The highest BCUT2D eigenvalue weighted by molar-refractivity contribution is 9.10. The van der Waals surface area contributed by atoms with E-state index in [1.807, 2.05) is 0 Å². The van der Waals surface area contributed by atoms with Gasteiger partial charge in [-0.25, -0.2) is 5.43 Å². The molecule has 10 heteroatoms. The number of nitrogens with zero attached hydrogens (tertiary/aromatic N) is 2. The zero-order valence-corrected chi connectivity index (χ0v) is 15.1. The third-order valence-electron chi connectivity index (χ3n) is 3.18. The van der Waals surface area contributed by atoms with Crippen molar-refractivity contribution >= 4 is 39.6 Å². The number of hydrogen-bond donors (Lipinski definition) is 2. The Morgan fingerprint density at radius 2 is 1.96 bits per heavy atom. The van der Waals surface area contributed by atoms with E-state index in [1.54, 1.807) is 12.1 Å². The van der Waals surface area contributed by atoms with Crippen LogP contribution in [0, 0.1) is 10.1 Å². The molecule has 0 bridgehead atoms. The first-order valence-corrected chi connectivity index (χ1v) is 8.35. The molecule has 9 nitrogen and oxygen atoms in total. The first-order valence-electron chi connectivity index (χ1n) is 7.55.